The molecular formula is C13H20O2. The topological polar surface area (TPSA) is 18.5 Å². The summed E-state index contributed by atoms with van der Waals surface area (Å²) in [5.41, 5.74) is 0.0904. The van der Waals surface area contributed by atoms with Gasteiger partial charge in [0.15, 0.2) is 0 Å². The van der Waals surface area contributed by atoms with Crippen molar-refractivity contribution >= 4 is 0 Å². The van der Waals surface area contributed by atoms with Crippen molar-refractivity contribution in [3.05, 3.63) is 37.0 Å². The summed E-state index contributed by atoms with van der Waals surface area (Å²) < 4.78 is 11.6. The van der Waals surface area contributed by atoms with E-state index in [4.69, 9.17) is 9.47 Å². The van der Waals surface area contributed by atoms with E-state index in [1.54, 1.807) is 6.08 Å². The van der Waals surface area contributed by atoms with E-state index in [1.807, 2.05) is 31.2 Å². The molecular weight excluding hydrogens is 188 g/mol. The highest BCUT2D eigenvalue weighted by Crippen LogP contribution is 2.31. The highest BCUT2D eigenvalue weighted by atomic mass is 16.7. The van der Waals surface area contributed by atoms with Gasteiger partial charge in [-0.25, -0.2) is 0 Å². The van der Waals surface area contributed by atoms with E-state index in [0.717, 1.165) is 0 Å². The summed E-state index contributed by atoms with van der Waals surface area (Å²) >= 11 is 0. The van der Waals surface area contributed by atoms with Gasteiger partial charge in [-0.1, -0.05) is 38.7 Å². The maximum atomic E-state index is 5.78. The van der Waals surface area contributed by atoms with Gasteiger partial charge in [0.2, 0.25) is 5.79 Å². The maximum Gasteiger partial charge on any atom is 0.208 e. The van der Waals surface area contributed by atoms with Crippen molar-refractivity contribution in [3.63, 3.8) is 0 Å². The smallest absolute Gasteiger partial charge is 0.208 e. The Morgan fingerprint density at radius 2 is 1.73 bits per heavy atom. The molecule has 0 saturated carbocycles. The van der Waals surface area contributed by atoms with Gasteiger partial charge in [0.1, 0.15) is 0 Å². The molecule has 0 aromatic heterocycles. The van der Waals surface area contributed by atoms with Gasteiger partial charge in [0, 0.05) is 5.41 Å². The van der Waals surface area contributed by atoms with Gasteiger partial charge < -0.3 is 9.47 Å². The molecule has 1 aliphatic rings. The van der Waals surface area contributed by atoms with Crippen LogP contribution in [0, 0.1) is 5.41 Å². The molecule has 1 rings (SSSR count). The molecule has 0 amide bonds. The summed E-state index contributed by atoms with van der Waals surface area (Å²) in [5.74, 6) is -0.696. The first-order valence-corrected chi connectivity index (χ1v) is 5.26. The number of hydrogen-bond donors (Lipinski definition) is 0. The van der Waals surface area contributed by atoms with E-state index < -0.39 is 5.79 Å². The normalized spacial score (nSPS) is 24.7. The largest absolute Gasteiger partial charge is 0.342 e. The minimum atomic E-state index is -0.696. The molecule has 15 heavy (non-hydrogen) atoms. The monoisotopic (exact) mass is 208 g/mol. The van der Waals surface area contributed by atoms with E-state index in [2.05, 4.69) is 20.4 Å². The minimum Gasteiger partial charge on any atom is -0.342 e. The molecule has 1 saturated heterocycles. The van der Waals surface area contributed by atoms with Crippen LogP contribution < -0.4 is 0 Å². The van der Waals surface area contributed by atoms with Crippen LogP contribution in [-0.2, 0) is 9.47 Å². The van der Waals surface area contributed by atoms with E-state index >= 15 is 0 Å². The highest BCUT2D eigenvalue weighted by molar-refractivity contribution is 5.14. The standard InChI is InChI=1S/C13H20O2/c1-5-7-9-13(8-6-2)14-10-12(3,4)11-15-13/h5-9H,1,10-11H2,2-4H3/b8-6-,9-7+. The molecule has 0 aromatic carbocycles. The van der Waals surface area contributed by atoms with E-state index in [-0.39, 0.29) is 5.41 Å². The second-order valence-corrected chi connectivity index (χ2v) is 4.56. The molecule has 0 spiro atoms. The second kappa shape index (κ2) is 4.77. The van der Waals surface area contributed by atoms with Gasteiger partial charge in [-0.05, 0) is 19.1 Å². The van der Waals surface area contributed by atoms with Crippen molar-refractivity contribution in [1.82, 2.24) is 0 Å². The lowest BCUT2D eigenvalue weighted by atomic mass is 9.94. The van der Waals surface area contributed by atoms with Gasteiger partial charge in [0.25, 0.3) is 0 Å². The maximum absolute atomic E-state index is 5.78. The first-order chi connectivity index (χ1) is 7.04. The Hall–Kier alpha value is -0.860. The summed E-state index contributed by atoms with van der Waals surface area (Å²) in [6.45, 7) is 11.2. The quantitative estimate of drug-likeness (QED) is 0.524. The SMILES string of the molecule is C=C/C=C/C1(/C=C\C)OCC(C)(C)CO1. The van der Waals surface area contributed by atoms with Crippen LogP contribution in [0.3, 0.4) is 0 Å². The molecule has 1 aliphatic heterocycles. The zero-order valence-electron chi connectivity index (χ0n) is 9.82. The third kappa shape index (κ3) is 3.33. The second-order valence-electron chi connectivity index (χ2n) is 4.56. The van der Waals surface area contributed by atoms with Crippen LogP contribution in [0.15, 0.2) is 37.0 Å². The fraction of sp³-hybridized carbons (Fsp3) is 0.538. The summed E-state index contributed by atoms with van der Waals surface area (Å²) in [7, 11) is 0. The van der Waals surface area contributed by atoms with E-state index in [1.165, 1.54) is 0 Å². The van der Waals surface area contributed by atoms with Crippen molar-refractivity contribution in [1.29, 1.82) is 0 Å². The van der Waals surface area contributed by atoms with Crippen molar-refractivity contribution in [2.24, 2.45) is 5.41 Å². The third-order valence-corrected chi connectivity index (χ3v) is 2.24. The molecule has 0 aliphatic carbocycles. The van der Waals surface area contributed by atoms with Crippen LogP contribution >= 0.6 is 0 Å². The predicted octanol–water partition coefficient (Wildman–Crippen LogP) is 3.07. The zero-order chi connectivity index (χ0) is 11.4. The molecule has 0 N–H and O–H groups in total. The Labute approximate surface area is 92.3 Å². The predicted molar refractivity (Wildman–Crippen MR) is 62.6 cm³/mol. The molecule has 1 fully saturated rings. The molecule has 0 unspecified atom stereocenters. The number of allylic oxidation sites excluding steroid dienone is 3. The molecule has 2 heteroatoms. The first-order valence-electron chi connectivity index (χ1n) is 5.26. The van der Waals surface area contributed by atoms with Gasteiger partial charge in [0.05, 0.1) is 13.2 Å². The average molecular weight is 208 g/mol. The van der Waals surface area contributed by atoms with Crippen molar-refractivity contribution < 1.29 is 9.47 Å². The lowest BCUT2D eigenvalue weighted by molar-refractivity contribution is -0.245. The number of rotatable bonds is 3. The van der Waals surface area contributed by atoms with Gasteiger partial charge in [-0.15, -0.1) is 0 Å². The highest BCUT2D eigenvalue weighted by Gasteiger charge is 2.36. The van der Waals surface area contributed by atoms with E-state index in [9.17, 15) is 0 Å². The number of hydrogen-bond acceptors (Lipinski definition) is 2. The lowest BCUT2D eigenvalue weighted by Gasteiger charge is -2.40. The Kier molecular flexibility index (Phi) is 3.89. The van der Waals surface area contributed by atoms with Crippen LogP contribution in [0.2, 0.25) is 0 Å². The molecule has 0 atom stereocenters. The van der Waals surface area contributed by atoms with Gasteiger partial charge in [-0.3, -0.25) is 0 Å². The Morgan fingerprint density at radius 3 is 2.20 bits per heavy atom. The summed E-state index contributed by atoms with van der Waals surface area (Å²) in [4.78, 5) is 0. The molecule has 0 radical (unpaired) electrons. The Bertz CT molecular complexity index is 264. The van der Waals surface area contributed by atoms with Crippen LogP contribution in [-0.4, -0.2) is 19.0 Å². The Morgan fingerprint density at radius 1 is 1.13 bits per heavy atom. The zero-order valence-corrected chi connectivity index (χ0v) is 9.82. The summed E-state index contributed by atoms with van der Waals surface area (Å²) in [5, 5.41) is 0. The van der Waals surface area contributed by atoms with Crippen LogP contribution in [0.25, 0.3) is 0 Å². The molecule has 84 valence electrons. The van der Waals surface area contributed by atoms with Gasteiger partial charge in [-0.2, -0.15) is 0 Å². The first kappa shape index (κ1) is 12.2. The molecule has 1 heterocycles. The van der Waals surface area contributed by atoms with Crippen LogP contribution in [0.1, 0.15) is 20.8 Å². The lowest BCUT2D eigenvalue weighted by Crippen LogP contribution is -2.45. The van der Waals surface area contributed by atoms with Crippen LogP contribution in [0.4, 0.5) is 0 Å². The van der Waals surface area contributed by atoms with Crippen molar-refractivity contribution in [2.45, 2.75) is 26.6 Å². The summed E-state index contributed by atoms with van der Waals surface area (Å²) in [6, 6.07) is 0. The average Bonchev–Trinajstić information content (AvgIpc) is 2.20. The van der Waals surface area contributed by atoms with Crippen molar-refractivity contribution in [2.75, 3.05) is 13.2 Å². The fourth-order valence-electron chi connectivity index (χ4n) is 1.38. The third-order valence-electron chi connectivity index (χ3n) is 2.24. The van der Waals surface area contributed by atoms with Crippen molar-refractivity contribution in [3.8, 4) is 0 Å². The van der Waals surface area contributed by atoms with Crippen LogP contribution in [0.5, 0.6) is 0 Å². The van der Waals surface area contributed by atoms with Gasteiger partial charge >= 0.3 is 0 Å². The molecule has 2 nitrogen and oxygen atoms in total. The Balaban J connectivity index is 2.77. The molecule has 0 bridgehead atoms. The minimum absolute atomic E-state index is 0.0904. The summed E-state index contributed by atoms with van der Waals surface area (Å²) in [6.07, 6.45) is 9.30. The fourth-order valence-corrected chi connectivity index (χ4v) is 1.38. The number of ether oxygens (including phenoxy) is 2. The van der Waals surface area contributed by atoms with E-state index in [0.29, 0.717) is 13.2 Å². The molecule has 0 aromatic rings.